The van der Waals surface area contributed by atoms with Crippen molar-refractivity contribution in [2.75, 3.05) is 0 Å². The van der Waals surface area contributed by atoms with Gasteiger partial charge in [0.25, 0.3) is 0 Å². The normalized spacial score (nSPS) is 31.3. The van der Waals surface area contributed by atoms with E-state index >= 15 is 0 Å². The third-order valence-corrected chi connectivity index (χ3v) is 4.76. The number of hydrogen-bond donors (Lipinski definition) is 0. The highest BCUT2D eigenvalue weighted by Crippen LogP contribution is 2.46. The Morgan fingerprint density at radius 2 is 1.14 bits per heavy atom. The Hall–Kier alpha value is -1.93. The summed E-state index contributed by atoms with van der Waals surface area (Å²) in [5.41, 5.74) is 2.18. The number of carbonyl (C=O) groups is 1. The van der Waals surface area contributed by atoms with Gasteiger partial charge in [0.15, 0.2) is 5.78 Å². The van der Waals surface area contributed by atoms with Crippen molar-refractivity contribution in [3.63, 3.8) is 0 Å². The second-order valence-corrected chi connectivity index (χ2v) is 5.97. The highest BCUT2D eigenvalue weighted by Gasteiger charge is 2.49. The Morgan fingerprint density at radius 3 is 1.57 bits per heavy atom. The van der Waals surface area contributed by atoms with E-state index in [1.807, 2.05) is 60.7 Å². The van der Waals surface area contributed by atoms with E-state index in [0.717, 1.165) is 24.0 Å². The zero-order valence-corrected chi connectivity index (χ0v) is 11.8. The summed E-state index contributed by atoms with van der Waals surface area (Å²) >= 11 is 0. The second-order valence-electron chi connectivity index (χ2n) is 5.97. The molecule has 2 heteroatoms. The van der Waals surface area contributed by atoms with Gasteiger partial charge in [-0.3, -0.25) is 4.79 Å². The van der Waals surface area contributed by atoms with Crippen molar-refractivity contribution in [2.24, 2.45) is 0 Å². The lowest BCUT2D eigenvalue weighted by molar-refractivity contribution is -0.135. The van der Waals surface area contributed by atoms with E-state index in [4.69, 9.17) is 4.74 Å². The van der Waals surface area contributed by atoms with Crippen LogP contribution in [-0.2, 0) is 9.53 Å². The standard InChI is InChI=1S/C19H18O2/c20-19-17(13-7-3-1-4-8-13)15-11-12-16(21-15)18(19)14-9-5-2-6-10-14/h1-10,15-18H,11-12H2/t15-,16-,17-,18-/m1/s1. The van der Waals surface area contributed by atoms with Gasteiger partial charge in [0.1, 0.15) is 0 Å². The minimum absolute atomic E-state index is 0.0601. The average molecular weight is 278 g/mol. The zero-order valence-electron chi connectivity index (χ0n) is 11.8. The van der Waals surface area contributed by atoms with Crippen LogP contribution in [0.15, 0.2) is 60.7 Å². The lowest BCUT2D eigenvalue weighted by Crippen LogP contribution is -2.40. The first kappa shape index (κ1) is 12.8. The van der Waals surface area contributed by atoms with Crippen LogP contribution in [0.3, 0.4) is 0 Å². The molecule has 2 saturated heterocycles. The third-order valence-electron chi connectivity index (χ3n) is 4.76. The van der Waals surface area contributed by atoms with Crippen LogP contribution in [0.25, 0.3) is 0 Å². The predicted octanol–water partition coefficient (Wildman–Crippen LogP) is 3.68. The largest absolute Gasteiger partial charge is 0.373 e. The minimum atomic E-state index is -0.116. The summed E-state index contributed by atoms with van der Waals surface area (Å²) in [5, 5.41) is 0. The SMILES string of the molecule is O=C1[C@H](c2ccccc2)[C@H]2CC[C@@H](O2)[C@H]1c1ccccc1. The maximum Gasteiger partial charge on any atom is 0.152 e. The molecule has 2 nitrogen and oxygen atoms in total. The number of fused-ring (bicyclic) bond motifs is 2. The molecule has 2 bridgehead atoms. The first-order chi connectivity index (χ1) is 10.3. The van der Waals surface area contributed by atoms with Crippen molar-refractivity contribution in [3.05, 3.63) is 71.8 Å². The predicted molar refractivity (Wildman–Crippen MR) is 81.3 cm³/mol. The van der Waals surface area contributed by atoms with E-state index in [0.29, 0.717) is 5.78 Å². The molecule has 0 aliphatic carbocycles. The summed E-state index contributed by atoms with van der Waals surface area (Å²) < 4.78 is 6.18. The maximum absolute atomic E-state index is 13.1. The van der Waals surface area contributed by atoms with Crippen molar-refractivity contribution in [1.29, 1.82) is 0 Å². The molecule has 4 rings (SSSR count). The molecule has 2 heterocycles. The molecule has 0 unspecified atom stereocenters. The molecule has 0 spiro atoms. The van der Waals surface area contributed by atoms with Gasteiger partial charge in [-0.2, -0.15) is 0 Å². The lowest BCUT2D eigenvalue weighted by Gasteiger charge is -2.34. The quantitative estimate of drug-likeness (QED) is 0.837. The van der Waals surface area contributed by atoms with Gasteiger partial charge in [0.2, 0.25) is 0 Å². The van der Waals surface area contributed by atoms with E-state index in [2.05, 4.69) is 0 Å². The van der Waals surface area contributed by atoms with Crippen LogP contribution in [-0.4, -0.2) is 18.0 Å². The van der Waals surface area contributed by atoms with Crippen LogP contribution < -0.4 is 0 Å². The number of benzene rings is 2. The number of ether oxygens (including phenoxy) is 1. The highest BCUT2D eigenvalue weighted by molar-refractivity contribution is 5.94. The molecule has 2 aliphatic rings. The van der Waals surface area contributed by atoms with E-state index in [1.165, 1.54) is 0 Å². The van der Waals surface area contributed by atoms with Crippen molar-refractivity contribution in [2.45, 2.75) is 36.9 Å². The summed E-state index contributed by atoms with van der Waals surface area (Å²) in [7, 11) is 0. The summed E-state index contributed by atoms with van der Waals surface area (Å²) in [4.78, 5) is 13.1. The maximum atomic E-state index is 13.1. The molecule has 4 atom stereocenters. The van der Waals surface area contributed by atoms with Gasteiger partial charge in [0.05, 0.1) is 24.0 Å². The van der Waals surface area contributed by atoms with Crippen LogP contribution in [0.4, 0.5) is 0 Å². The Kier molecular flexibility index (Phi) is 3.12. The van der Waals surface area contributed by atoms with Gasteiger partial charge in [-0.15, -0.1) is 0 Å². The topological polar surface area (TPSA) is 26.3 Å². The summed E-state index contributed by atoms with van der Waals surface area (Å²) in [6.45, 7) is 0. The van der Waals surface area contributed by atoms with Crippen LogP contribution in [0.2, 0.25) is 0 Å². The Labute approximate surface area is 124 Å². The fourth-order valence-electron chi connectivity index (χ4n) is 3.82. The fourth-order valence-corrected chi connectivity index (χ4v) is 3.82. The number of ketones is 1. The number of hydrogen-bond acceptors (Lipinski definition) is 2. The Morgan fingerprint density at radius 1 is 0.714 bits per heavy atom. The van der Waals surface area contributed by atoms with E-state index in [1.54, 1.807) is 0 Å². The number of carbonyl (C=O) groups excluding carboxylic acids is 1. The minimum Gasteiger partial charge on any atom is -0.373 e. The van der Waals surface area contributed by atoms with E-state index < -0.39 is 0 Å². The highest BCUT2D eigenvalue weighted by atomic mass is 16.5. The Bertz CT molecular complexity index is 580. The molecule has 2 aromatic rings. The van der Waals surface area contributed by atoms with Gasteiger partial charge in [0, 0.05) is 0 Å². The molecular formula is C19H18O2. The van der Waals surface area contributed by atoms with Gasteiger partial charge in [-0.25, -0.2) is 0 Å². The van der Waals surface area contributed by atoms with E-state index in [9.17, 15) is 4.79 Å². The number of Topliss-reactive ketones (excluding diaryl/α,β-unsaturated/α-hetero) is 1. The summed E-state index contributed by atoms with van der Waals surface area (Å²) in [6.07, 6.45) is 2.09. The molecule has 0 amide bonds. The van der Waals surface area contributed by atoms with Crippen LogP contribution >= 0.6 is 0 Å². The van der Waals surface area contributed by atoms with Crippen molar-refractivity contribution < 1.29 is 9.53 Å². The molecule has 0 radical (unpaired) electrons. The molecule has 2 aliphatic heterocycles. The van der Waals surface area contributed by atoms with Crippen LogP contribution in [0, 0.1) is 0 Å². The lowest BCUT2D eigenvalue weighted by atomic mass is 9.78. The van der Waals surface area contributed by atoms with E-state index in [-0.39, 0.29) is 24.0 Å². The molecular weight excluding hydrogens is 260 g/mol. The third kappa shape index (κ3) is 2.11. The molecule has 21 heavy (non-hydrogen) atoms. The summed E-state index contributed by atoms with van der Waals surface area (Å²) in [5.74, 6) is 0.0939. The second kappa shape index (κ2) is 5.12. The van der Waals surface area contributed by atoms with Crippen LogP contribution in [0.5, 0.6) is 0 Å². The molecule has 2 aromatic carbocycles. The van der Waals surface area contributed by atoms with Gasteiger partial charge < -0.3 is 4.74 Å². The van der Waals surface area contributed by atoms with Crippen LogP contribution in [0.1, 0.15) is 35.8 Å². The molecule has 0 N–H and O–H groups in total. The molecule has 2 fully saturated rings. The van der Waals surface area contributed by atoms with Gasteiger partial charge >= 0.3 is 0 Å². The first-order valence-electron chi connectivity index (χ1n) is 7.63. The first-order valence-corrected chi connectivity index (χ1v) is 7.63. The van der Waals surface area contributed by atoms with Crippen molar-refractivity contribution >= 4 is 5.78 Å². The smallest absolute Gasteiger partial charge is 0.152 e. The van der Waals surface area contributed by atoms with Gasteiger partial charge in [-0.1, -0.05) is 60.7 Å². The monoisotopic (exact) mass is 278 g/mol. The van der Waals surface area contributed by atoms with Crippen molar-refractivity contribution in [1.82, 2.24) is 0 Å². The molecule has 0 saturated carbocycles. The summed E-state index contributed by atoms with van der Waals surface area (Å²) in [6, 6.07) is 20.2. The molecule has 0 aromatic heterocycles. The van der Waals surface area contributed by atoms with Crippen molar-refractivity contribution in [3.8, 4) is 0 Å². The average Bonchev–Trinajstić information content (AvgIpc) is 2.94. The molecule has 106 valence electrons. The zero-order chi connectivity index (χ0) is 14.2. The van der Waals surface area contributed by atoms with Gasteiger partial charge in [-0.05, 0) is 24.0 Å². The number of rotatable bonds is 2. The Balaban J connectivity index is 1.75. The fraction of sp³-hybridized carbons (Fsp3) is 0.316.